The molecule has 2 aromatic heterocycles. The van der Waals surface area contributed by atoms with Gasteiger partial charge in [0.2, 0.25) is 0 Å². The molecule has 1 aliphatic rings. The third-order valence-corrected chi connectivity index (χ3v) is 3.68. The normalized spacial score (nSPS) is 13.8. The lowest BCUT2D eigenvalue weighted by atomic mass is 10.1. The lowest BCUT2D eigenvalue weighted by Gasteiger charge is -2.09. The zero-order chi connectivity index (χ0) is 14.3. The number of carboxylic acid groups (broad SMARTS) is 1. The SMILES string of the molecule is CC(C)c1ccn(-c2nc3c(cc2C(=O)O)CCC3)n1. The Labute approximate surface area is 117 Å². The van der Waals surface area contributed by atoms with Crippen LogP contribution in [0.15, 0.2) is 18.3 Å². The van der Waals surface area contributed by atoms with Crippen molar-refractivity contribution >= 4 is 5.97 Å². The average molecular weight is 271 g/mol. The fourth-order valence-corrected chi connectivity index (χ4v) is 2.56. The van der Waals surface area contributed by atoms with Crippen LogP contribution in [0.25, 0.3) is 5.82 Å². The van der Waals surface area contributed by atoms with Crippen LogP contribution >= 0.6 is 0 Å². The Bertz CT molecular complexity index is 674. The number of aryl methyl sites for hydroxylation is 2. The van der Waals surface area contributed by atoms with E-state index in [4.69, 9.17) is 0 Å². The summed E-state index contributed by atoms with van der Waals surface area (Å²) in [6.07, 6.45) is 4.66. The van der Waals surface area contributed by atoms with E-state index in [0.29, 0.717) is 11.7 Å². The van der Waals surface area contributed by atoms with Crippen LogP contribution in [0.3, 0.4) is 0 Å². The molecule has 0 amide bonds. The van der Waals surface area contributed by atoms with Crippen LogP contribution in [0.1, 0.15) is 53.5 Å². The maximum Gasteiger partial charge on any atom is 0.339 e. The standard InChI is InChI=1S/C15H17N3O2/c1-9(2)12-6-7-18(17-12)14-11(15(19)20)8-10-4-3-5-13(10)16-14/h6-9H,3-5H2,1-2H3,(H,19,20). The lowest BCUT2D eigenvalue weighted by Crippen LogP contribution is -2.11. The summed E-state index contributed by atoms with van der Waals surface area (Å²) in [7, 11) is 0. The minimum atomic E-state index is -0.955. The molecule has 2 aromatic rings. The molecule has 0 aliphatic heterocycles. The van der Waals surface area contributed by atoms with Gasteiger partial charge in [-0.2, -0.15) is 5.10 Å². The van der Waals surface area contributed by atoms with Crippen molar-refractivity contribution in [2.45, 2.75) is 39.0 Å². The van der Waals surface area contributed by atoms with Gasteiger partial charge in [-0.1, -0.05) is 13.8 Å². The summed E-state index contributed by atoms with van der Waals surface area (Å²) < 4.78 is 1.58. The molecule has 0 aromatic carbocycles. The van der Waals surface area contributed by atoms with Gasteiger partial charge in [0.25, 0.3) is 0 Å². The highest BCUT2D eigenvalue weighted by Crippen LogP contribution is 2.25. The summed E-state index contributed by atoms with van der Waals surface area (Å²) in [5, 5.41) is 13.8. The van der Waals surface area contributed by atoms with Gasteiger partial charge >= 0.3 is 5.97 Å². The summed E-state index contributed by atoms with van der Waals surface area (Å²) >= 11 is 0. The van der Waals surface area contributed by atoms with Gasteiger partial charge in [0.05, 0.1) is 5.69 Å². The molecule has 0 unspecified atom stereocenters. The summed E-state index contributed by atoms with van der Waals surface area (Å²) in [5.41, 5.74) is 3.22. The Morgan fingerprint density at radius 2 is 2.20 bits per heavy atom. The molecule has 3 rings (SSSR count). The molecule has 1 aliphatic carbocycles. The fraction of sp³-hybridized carbons (Fsp3) is 0.400. The number of aromatic carboxylic acids is 1. The van der Waals surface area contributed by atoms with Crippen molar-refractivity contribution in [3.63, 3.8) is 0 Å². The maximum absolute atomic E-state index is 11.5. The van der Waals surface area contributed by atoms with Crippen molar-refractivity contribution in [2.75, 3.05) is 0 Å². The molecule has 0 bridgehead atoms. The number of carbonyl (C=O) groups is 1. The number of hydrogen-bond donors (Lipinski definition) is 1. The van der Waals surface area contributed by atoms with Gasteiger partial charge < -0.3 is 5.11 Å². The number of fused-ring (bicyclic) bond motifs is 1. The Kier molecular flexibility index (Phi) is 3.04. The van der Waals surface area contributed by atoms with Gasteiger partial charge in [0.1, 0.15) is 5.56 Å². The van der Waals surface area contributed by atoms with Gasteiger partial charge in [-0.15, -0.1) is 0 Å². The molecule has 104 valence electrons. The number of pyridine rings is 1. The summed E-state index contributed by atoms with van der Waals surface area (Å²) in [6, 6.07) is 3.66. The summed E-state index contributed by atoms with van der Waals surface area (Å²) in [4.78, 5) is 16.0. The van der Waals surface area contributed by atoms with Crippen LogP contribution < -0.4 is 0 Å². The van der Waals surface area contributed by atoms with Crippen LogP contribution in [0.2, 0.25) is 0 Å². The third kappa shape index (κ3) is 2.09. The topological polar surface area (TPSA) is 68.0 Å². The van der Waals surface area contributed by atoms with Gasteiger partial charge in [-0.25, -0.2) is 14.5 Å². The van der Waals surface area contributed by atoms with Crippen LogP contribution in [-0.2, 0) is 12.8 Å². The number of rotatable bonds is 3. The highest BCUT2D eigenvalue weighted by atomic mass is 16.4. The molecule has 0 saturated carbocycles. The second-order valence-electron chi connectivity index (χ2n) is 5.46. The number of aromatic nitrogens is 3. The van der Waals surface area contributed by atoms with Gasteiger partial charge in [0, 0.05) is 11.9 Å². The monoisotopic (exact) mass is 271 g/mol. The minimum Gasteiger partial charge on any atom is -0.478 e. The predicted octanol–water partition coefficient (Wildman–Crippen LogP) is 2.58. The predicted molar refractivity (Wildman–Crippen MR) is 74.4 cm³/mol. The number of nitrogens with zero attached hydrogens (tertiary/aromatic N) is 3. The van der Waals surface area contributed by atoms with E-state index in [0.717, 1.165) is 36.2 Å². The molecule has 0 fully saturated rings. The Balaban J connectivity index is 2.13. The van der Waals surface area contributed by atoms with Crippen LogP contribution in [0.4, 0.5) is 0 Å². The zero-order valence-corrected chi connectivity index (χ0v) is 11.6. The Morgan fingerprint density at radius 1 is 1.40 bits per heavy atom. The van der Waals surface area contributed by atoms with Crippen LogP contribution in [0.5, 0.6) is 0 Å². The molecule has 1 N–H and O–H groups in total. The number of hydrogen-bond acceptors (Lipinski definition) is 3. The summed E-state index contributed by atoms with van der Waals surface area (Å²) in [5.74, 6) is -0.229. The van der Waals surface area contributed by atoms with Gasteiger partial charge in [-0.3, -0.25) is 0 Å². The molecular formula is C15H17N3O2. The molecule has 0 saturated heterocycles. The second-order valence-corrected chi connectivity index (χ2v) is 5.46. The van der Waals surface area contributed by atoms with E-state index in [1.54, 1.807) is 16.9 Å². The third-order valence-electron chi connectivity index (χ3n) is 3.68. The first-order valence-electron chi connectivity index (χ1n) is 6.88. The molecule has 0 atom stereocenters. The molecule has 5 heteroatoms. The van der Waals surface area contributed by atoms with Crippen molar-refractivity contribution in [2.24, 2.45) is 0 Å². The molecule has 20 heavy (non-hydrogen) atoms. The van der Waals surface area contributed by atoms with Crippen LogP contribution in [-0.4, -0.2) is 25.8 Å². The van der Waals surface area contributed by atoms with Crippen molar-refractivity contribution in [3.05, 3.63) is 40.8 Å². The smallest absolute Gasteiger partial charge is 0.339 e. The van der Waals surface area contributed by atoms with E-state index in [2.05, 4.69) is 23.9 Å². The van der Waals surface area contributed by atoms with Crippen molar-refractivity contribution in [1.29, 1.82) is 0 Å². The zero-order valence-electron chi connectivity index (χ0n) is 11.6. The first-order valence-corrected chi connectivity index (χ1v) is 6.88. The van der Waals surface area contributed by atoms with Gasteiger partial charge in [0.15, 0.2) is 5.82 Å². The average Bonchev–Trinajstić information content (AvgIpc) is 3.05. The van der Waals surface area contributed by atoms with Crippen molar-refractivity contribution in [3.8, 4) is 5.82 Å². The van der Waals surface area contributed by atoms with Crippen molar-refractivity contribution in [1.82, 2.24) is 14.8 Å². The van der Waals surface area contributed by atoms with E-state index < -0.39 is 5.97 Å². The molecule has 2 heterocycles. The highest BCUT2D eigenvalue weighted by Gasteiger charge is 2.21. The van der Waals surface area contributed by atoms with E-state index in [1.807, 2.05) is 6.07 Å². The molecular weight excluding hydrogens is 254 g/mol. The number of carboxylic acids is 1. The van der Waals surface area contributed by atoms with E-state index >= 15 is 0 Å². The molecule has 0 spiro atoms. The lowest BCUT2D eigenvalue weighted by molar-refractivity contribution is 0.0696. The Morgan fingerprint density at radius 3 is 2.85 bits per heavy atom. The van der Waals surface area contributed by atoms with E-state index in [-0.39, 0.29) is 5.56 Å². The van der Waals surface area contributed by atoms with Crippen LogP contribution in [0, 0.1) is 0 Å². The minimum absolute atomic E-state index is 0.226. The molecule has 5 nitrogen and oxygen atoms in total. The largest absolute Gasteiger partial charge is 0.478 e. The van der Waals surface area contributed by atoms with Gasteiger partial charge in [-0.05, 0) is 42.9 Å². The molecule has 0 radical (unpaired) electrons. The van der Waals surface area contributed by atoms with E-state index in [9.17, 15) is 9.90 Å². The Hall–Kier alpha value is -2.17. The summed E-state index contributed by atoms with van der Waals surface area (Å²) in [6.45, 7) is 4.11. The van der Waals surface area contributed by atoms with E-state index in [1.165, 1.54) is 0 Å². The highest BCUT2D eigenvalue weighted by molar-refractivity contribution is 5.91. The first-order chi connectivity index (χ1) is 9.56. The quantitative estimate of drug-likeness (QED) is 0.931. The van der Waals surface area contributed by atoms with Crippen molar-refractivity contribution < 1.29 is 9.90 Å². The maximum atomic E-state index is 11.5. The second kappa shape index (κ2) is 4.74. The first kappa shape index (κ1) is 12.8. The fourth-order valence-electron chi connectivity index (χ4n) is 2.56.